The molecule has 1 atom stereocenters. The minimum absolute atomic E-state index is 0.0644. The van der Waals surface area contributed by atoms with Gasteiger partial charge in [0, 0.05) is 5.56 Å². The average Bonchev–Trinajstić information content (AvgIpc) is 3.54. The molecule has 0 bridgehead atoms. The number of rotatable bonds is 4. The molecule has 5 rings (SSSR count). The van der Waals surface area contributed by atoms with E-state index >= 15 is 0 Å². The largest absolute Gasteiger partial charge is 0.507 e. The number of aromatic nitrogens is 2. The molecule has 2 N–H and O–H groups in total. The number of nitrogens with one attached hydrogen (secondary N) is 1. The lowest BCUT2D eigenvalue weighted by molar-refractivity contribution is -0.132. The quantitative estimate of drug-likeness (QED) is 0.246. The number of aliphatic hydroxyl groups is 1. The van der Waals surface area contributed by atoms with Gasteiger partial charge in [-0.3, -0.25) is 14.5 Å². The maximum atomic E-state index is 13.3. The van der Waals surface area contributed by atoms with Gasteiger partial charge in [-0.2, -0.15) is 0 Å². The summed E-state index contributed by atoms with van der Waals surface area (Å²) >= 11 is 0. The second-order valence-electron chi connectivity index (χ2n) is 8.84. The van der Waals surface area contributed by atoms with Gasteiger partial charge in [0.1, 0.15) is 23.3 Å². The predicted octanol–water partition coefficient (Wildman–Crippen LogP) is 5.02. The highest BCUT2D eigenvalue weighted by molar-refractivity contribution is 6.51. The Morgan fingerprint density at radius 1 is 1.06 bits per heavy atom. The fourth-order valence-electron chi connectivity index (χ4n) is 4.55. The summed E-state index contributed by atoms with van der Waals surface area (Å²) in [6, 6.07) is 9.74. The average molecular weight is 472 g/mol. The summed E-state index contributed by atoms with van der Waals surface area (Å²) in [6.45, 7) is 7.62. The Hall–Kier alpha value is -4.33. The van der Waals surface area contributed by atoms with Crippen molar-refractivity contribution in [3.05, 3.63) is 81.8 Å². The number of carbonyl (C=O) groups is 2. The van der Waals surface area contributed by atoms with E-state index in [1.54, 1.807) is 38.3 Å². The number of methoxy groups -OCH3 is 1. The summed E-state index contributed by atoms with van der Waals surface area (Å²) in [5.74, 6) is -0.696. The Bertz CT molecular complexity index is 1490. The summed E-state index contributed by atoms with van der Waals surface area (Å²) < 4.78 is 11.0. The van der Waals surface area contributed by atoms with Crippen LogP contribution in [0.4, 0.5) is 5.95 Å². The van der Waals surface area contributed by atoms with E-state index < -0.39 is 17.7 Å². The highest BCUT2D eigenvalue weighted by Gasteiger charge is 2.49. The molecule has 0 spiro atoms. The van der Waals surface area contributed by atoms with Crippen molar-refractivity contribution in [2.24, 2.45) is 0 Å². The van der Waals surface area contributed by atoms with Gasteiger partial charge in [0.25, 0.3) is 5.78 Å². The lowest BCUT2D eigenvalue weighted by atomic mass is 9.95. The molecule has 4 aromatic rings. The fourth-order valence-corrected chi connectivity index (χ4v) is 4.55. The molecule has 8 nitrogen and oxygen atoms in total. The van der Waals surface area contributed by atoms with E-state index in [9.17, 15) is 14.7 Å². The Morgan fingerprint density at radius 3 is 2.49 bits per heavy atom. The number of carbonyl (C=O) groups excluding carboxylic acids is 2. The maximum Gasteiger partial charge on any atom is 0.302 e. The number of ketones is 1. The molecule has 2 aromatic heterocycles. The van der Waals surface area contributed by atoms with Crippen LogP contribution in [0.3, 0.4) is 0 Å². The molecule has 35 heavy (non-hydrogen) atoms. The lowest BCUT2D eigenvalue weighted by Crippen LogP contribution is -2.30. The number of hydrogen-bond acceptors (Lipinski definition) is 6. The smallest absolute Gasteiger partial charge is 0.302 e. The van der Waals surface area contributed by atoms with Gasteiger partial charge in [-0.25, -0.2) is 4.98 Å². The second kappa shape index (κ2) is 8.16. The molecule has 1 unspecified atom stereocenters. The van der Waals surface area contributed by atoms with Crippen molar-refractivity contribution >= 4 is 34.4 Å². The fraction of sp³-hybridized carbons (Fsp3) is 0.222. The van der Waals surface area contributed by atoms with E-state index in [4.69, 9.17) is 9.15 Å². The third kappa shape index (κ3) is 3.49. The van der Waals surface area contributed by atoms with Gasteiger partial charge in [-0.05, 0) is 86.3 Å². The highest BCUT2D eigenvalue weighted by Crippen LogP contribution is 2.42. The molecule has 0 saturated carbocycles. The van der Waals surface area contributed by atoms with E-state index in [1.165, 1.54) is 11.2 Å². The first-order valence-corrected chi connectivity index (χ1v) is 11.2. The monoisotopic (exact) mass is 471 g/mol. The molecule has 178 valence electrons. The van der Waals surface area contributed by atoms with E-state index in [0.717, 1.165) is 22.2 Å². The number of imidazole rings is 1. The molecule has 2 aromatic carbocycles. The number of H-pyrrole nitrogens is 1. The number of ether oxygens (including phenoxy) is 1. The van der Waals surface area contributed by atoms with Crippen LogP contribution in [-0.4, -0.2) is 33.9 Å². The molecule has 1 fully saturated rings. The summed E-state index contributed by atoms with van der Waals surface area (Å²) in [4.78, 5) is 35.7. The third-order valence-corrected chi connectivity index (χ3v) is 6.57. The Labute approximate surface area is 201 Å². The second-order valence-corrected chi connectivity index (χ2v) is 8.84. The van der Waals surface area contributed by atoms with E-state index in [1.807, 2.05) is 32.9 Å². The first-order chi connectivity index (χ1) is 16.7. The number of anilines is 1. The van der Waals surface area contributed by atoms with Crippen molar-refractivity contribution in [1.82, 2.24) is 9.97 Å². The van der Waals surface area contributed by atoms with E-state index in [2.05, 4.69) is 9.97 Å². The molecule has 0 aliphatic carbocycles. The maximum absolute atomic E-state index is 13.3. The lowest BCUT2D eigenvalue weighted by Gasteiger charge is -2.21. The first-order valence-electron chi connectivity index (χ1n) is 11.2. The van der Waals surface area contributed by atoms with Gasteiger partial charge in [-0.1, -0.05) is 0 Å². The van der Waals surface area contributed by atoms with Crippen molar-refractivity contribution in [1.29, 1.82) is 0 Å². The number of fused-ring (bicyclic) bond motifs is 1. The zero-order chi connectivity index (χ0) is 25.0. The van der Waals surface area contributed by atoms with Crippen molar-refractivity contribution < 1.29 is 23.8 Å². The molecular formula is C27H25N3O5. The van der Waals surface area contributed by atoms with Crippen LogP contribution in [-0.2, 0) is 9.59 Å². The van der Waals surface area contributed by atoms with Crippen LogP contribution in [0.25, 0.3) is 16.8 Å². The number of Topliss-reactive ketones (excluding diaryl/α,β-unsaturated/α-hetero) is 1. The molecule has 3 heterocycles. The van der Waals surface area contributed by atoms with Crippen LogP contribution in [0.1, 0.15) is 39.6 Å². The van der Waals surface area contributed by atoms with Crippen molar-refractivity contribution in [3.63, 3.8) is 0 Å². The van der Waals surface area contributed by atoms with Crippen LogP contribution < -0.4 is 9.64 Å². The number of furan rings is 1. The third-order valence-electron chi connectivity index (χ3n) is 6.57. The molecule has 1 saturated heterocycles. The van der Waals surface area contributed by atoms with Gasteiger partial charge in [0.2, 0.25) is 5.95 Å². The number of aromatic amines is 1. The first kappa shape index (κ1) is 22.5. The molecule has 1 aliphatic rings. The SMILES string of the molecule is COc1cc(C)c(/C(O)=C2\C(=O)C(=O)N(c3nc4cc(C)c(C)cc4[nH]3)C2c2ccco2)cc1C. The van der Waals surface area contributed by atoms with Crippen LogP contribution in [0.5, 0.6) is 5.75 Å². The van der Waals surface area contributed by atoms with Gasteiger partial charge < -0.3 is 19.2 Å². The summed E-state index contributed by atoms with van der Waals surface area (Å²) in [5, 5.41) is 11.4. The minimum atomic E-state index is -0.991. The van der Waals surface area contributed by atoms with Crippen LogP contribution >= 0.6 is 0 Å². The Morgan fingerprint density at radius 2 is 1.80 bits per heavy atom. The van der Waals surface area contributed by atoms with Gasteiger partial charge in [0.15, 0.2) is 0 Å². The highest BCUT2D eigenvalue weighted by atomic mass is 16.5. The summed E-state index contributed by atoms with van der Waals surface area (Å²) in [5.41, 5.74) is 5.40. The zero-order valence-electron chi connectivity index (χ0n) is 20.1. The van der Waals surface area contributed by atoms with E-state index in [0.29, 0.717) is 28.2 Å². The topological polar surface area (TPSA) is 109 Å². The number of aryl methyl sites for hydroxylation is 4. The normalized spacial score (nSPS) is 17.5. The van der Waals surface area contributed by atoms with Gasteiger partial charge in [0.05, 0.1) is 30.0 Å². The predicted molar refractivity (Wildman–Crippen MR) is 132 cm³/mol. The van der Waals surface area contributed by atoms with Crippen molar-refractivity contribution in [2.75, 3.05) is 12.0 Å². The summed E-state index contributed by atoms with van der Waals surface area (Å²) in [7, 11) is 1.57. The number of aliphatic hydroxyl groups excluding tert-OH is 1. The Balaban J connectivity index is 1.72. The van der Waals surface area contributed by atoms with Crippen molar-refractivity contribution in [2.45, 2.75) is 33.7 Å². The van der Waals surface area contributed by atoms with Gasteiger partial charge in [-0.15, -0.1) is 0 Å². The summed E-state index contributed by atoms with van der Waals surface area (Å²) in [6.07, 6.45) is 1.46. The minimum Gasteiger partial charge on any atom is -0.507 e. The molecule has 8 heteroatoms. The molecular weight excluding hydrogens is 446 g/mol. The molecule has 1 aliphatic heterocycles. The number of amides is 1. The number of nitrogens with zero attached hydrogens (tertiary/aromatic N) is 2. The Kier molecular flexibility index (Phi) is 5.24. The number of hydrogen-bond donors (Lipinski definition) is 2. The van der Waals surface area contributed by atoms with Crippen LogP contribution in [0.15, 0.2) is 52.7 Å². The number of benzene rings is 2. The standard InChI is InChI=1S/C27H25N3O5/c1-13-10-18-19(11-14(13)2)29-27(28-18)30-23(20-7-6-8-35-20)22(25(32)26(30)33)24(31)17-9-16(4)21(34-5)12-15(17)3/h6-12,23,31H,1-5H3,(H,28,29)/b24-22+. The van der Waals surface area contributed by atoms with Gasteiger partial charge >= 0.3 is 5.91 Å². The van der Waals surface area contributed by atoms with E-state index in [-0.39, 0.29) is 17.3 Å². The van der Waals surface area contributed by atoms with Crippen LogP contribution in [0, 0.1) is 27.7 Å². The van der Waals surface area contributed by atoms with Crippen molar-refractivity contribution in [3.8, 4) is 5.75 Å². The molecule has 1 amide bonds. The van der Waals surface area contributed by atoms with Crippen LogP contribution in [0.2, 0.25) is 0 Å². The zero-order valence-corrected chi connectivity index (χ0v) is 20.1. The molecule has 0 radical (unpaired) electrons.